The van der Waals surface area contributed by atoms with Crippen LogP contribution in [0.3, 0.4) is 0 Å². The van der Waals surface area contributed by atoms with Gasteiger partial charge in [-0.15, -0.1) is 0 Å². The van der Waals surface area contributed by atoms with Gasteiger partial charge in [-0.3, -0.25) is 27.1 Å². The van der Waals surface area contributed by atoms with Gasteiger partial charge < -0.3 is 58.7 Å². The molecule has 0 unspecified atom stereocenters. The maximum atomic E-state index is 11.4. The molecular formula is C6H18NaO24P6+. The van der Waals surface area contributed by atoms with Gasteiger partial charge in [-0.05, 0) is 0 Å². The Morgan fingerprint density at radius 2 is 0.378 bits per heavy atom. The average Bonchev–Trinajstić information content (AvgIpc) is 2.51. The number of rotatable bonds is 12. The first-order chi connectivity index (χ1) is 15.6. The Kier molecular flexibility index (Phi) is 13.9. The summed E-state index contributed by atoms with van der Waals surface area (Å²) in [7, 11) is -36.1. The molecule has 0 aromatic rings. The Morgan fingerprint density at radius 3 is 0.432 bits per heavy atom. The van der Waals surface area contributed by atoms with Crippen molar-refractivity contribution in [1.82, 2.24) is 0 Å². The van der Waals surface area contributed by atoms with Gasteiger partial charge in [-0.25, -0.2) is 27.4 Å². The molecule has 0 saturated heterocycles. The summed E-state index contributed by atoms with van der Waals surface area (Å²) in [4.78, 5) is 110. The van der Waals surface area contributed by atoms with Crippen molar-refractivity contribution in [3.05, 3.63) is 0 Å². The second-order valence-corrected chi connectivity index (χ2v) is 13.5. The molecule has 0 spiro atoms. The summed E-state index contributed by atoms with van der Waals surface area (Å²) in [6.45, 7) is 0. The summed E-state index contributed by atoms with van der Waals surface area (Å²) < 4.78 is 93.1. The summed E-state index contributed by atoms with van der Waals surface area (Å²) in [6, 6.07) is 0. The van der Waals surface area contributed by atoms with Crippen LogP contribution in [-0.4, -0.2) is 95.3 Å². The fraction of sp³-hybridized carbons (Fsp3) is 1.00. The number of phosphoric acid groups is 6. The summed E-state index contributed by atoms with van der Waals surface area (Å²) in [5.41, 5.74) is 0. The Morgan fingerprint density at radius 1 is 0.297 bits per heavy atom. The van der Waals surface area contributed by atoms with Gasteiger partial charge in [0.1, 0.15) is 36.6 Å². The van der Waals surface area contributed by atoms with Crippen molar-refractivity contribution in [2.75, 3.05) is 0 Å². The number of phosphoric ester groups is 6. The van der Waals surface area contributed by atoms with Crippen LogP contribution in [0.25, 0.3) is 0 Å². The van der Waals surface area contributed by atoms with Gasteiger partial charge >= 0.3 is 76.5 Å². The Hall–Kier alpha value is 1.66. The normalized spacial score (nSPS) is 28.5. The van der Waals surface area contributed by atoms with Crippen LogP contribution in [-0.2, 0) is 54.5 Å². The van der Waals surface area contributed by atoms with Crippen LogP contribution in [0, 0.1) is 0 Å². The minimum Gasteiger partial charge on any atom is -0.303 e. The van der Waals surface area contributed by atoms with Gasteiger partial charge in [0.05, 0.1) is 0 Å². The van der Waals surface area contributed by atoms with E-state index in [9.17, 15) is 27.4 Å². The first-order valence-electron chi connectivity index (χ1n) is 8.01. The minimum atomic E-state index is -6.02. The zero-order valence-electron chi connectivity index (χ0n) is 17.4. The monoisotopic (exact) mass is 683 g/mol. The zero-order chi connectivity index (χ0) is 28.7. The van der Waals surface area contributed by atoms with E-state index in [0.717, 1.165) is 0 Å². The minimum absolute atomic E-state index is 0. The topological polar surface area (TPSA) is 401 Å². The molecule has 0 aromatic heterocycles. The van der Waals surface area contributed by atoms with E-state index in [1.807, 2.05) is 0 Å². The summed E-state index contributed by atoms with van der Waals surface area (Å²) in [6.07, 6.45) is -18.9. The molecule has 1 aliphatic carbocycles. The molecule has 0 atom stereocenters. The van der Waals surface area contributed by atoms with Crippen molar-refractivity contribution in [2.24, 2.45) is 0 Å². The van der Waals surface area contributed by atoms with E-state index in [0.29, 0.717) is 0 Å². The van der Waals surface area contributed by atoms with Crippen molar-refractivity contribution in [3.8, 4) is 0 Å². The van der Waals surface area contributed by atoms with Crippen LogP contribution in [0.15, 0.2) is 0 Å². The smallest absolute Gasteiger partial charge is 0.303 e. The zero-order valence-corrected chi connectivity index (χ0v) is 24.8. The molecule has 31 heteroatoms. The van der Waals surface area contributed by atoms with Gasteiger partial charge in [0, 0.05) is 0 Å². The Labute approximate surface area is 225 Å². The van der Waals surface area contributed by atoms with Gasteiger partial charge in [-0.2, -0.15) is 0 Å². The van der Waals surface area contributed by atoms with Crippen LogP contribution < -0.4 is 29.6 Å². The maximum Gasteiger partial charge on any atom is 1.00 e. The first-order valence-corrected chi connectivity index (χ1v) is 17.2. The third-order valence-corrected chi connectivity index (χ3v) is 6.61. The molecule has 0 amide bonds. The molecule has 1 fully saturated rings. The quantitative estimate of drug-likeness (QED) is 0.0672. The van der Waals surface area contributed by atoms with Crippen molar-refractivity contribution in [2.45, 2.75) is 36.6 Å². The van der Waals surface area contributed by atoms with E-state index >= 15 is 0 Å². The van der Waals surface area contributed by atoms with Gasteiger partial charge in [0.25, 0.3) is 0 Å². The largest absolute Gasteiger partial charge is 1.00 e. The Balaban J connectivity index is 0.0000130. The molecule has 1 aliphatic rings. The summed E-state index contributed by atoms with van der Waals surface area (Å²) in [5.74, 6) is 0. The molecule has 216 valence electrons. The fourth-order valence-corrected chi connectivity index (χ4v) is 6.14. The van der Waals surface area contributed by atoms with E-state index in [1.54, 1.807) is 0 Å². The van der Waals surface area contributed by atoms with Crippen LogP contribution in [0.2, 0.25) is 0 Å². The summed E-state index contributed by atoms with van der Waals surface area (Å²) in [5, 5.41) is 0. The molecule has 0 bridgehead atoms. The van der Waals surface area contributed by atoms with E-state index < -0.39 is 83.6 Å². The van der Waals surface area contributed by atoms with Gasteiger partial charge in [-0.1, -0.05) is 0 Å². The van der Waals surface area contributed by atoms with Crippen LogP contribution in [0.4, 0.5) is 0 Å². The number of hydrogen-bond donors (Lipinski definition) is 12. The fourth-order valence-electron chi connectivity index (χ4n) is 2.79. The molecule has 0 radical (unpaired) electrons. The van der Waals surface area contributed by atoms with Crippen LogP contribution >= 0.6 is 46.9 Å². The van der Waals surface area contributed by atoms with Gasteiger partial charge in [0.2, 0.25) is 0 Å². The molecule has 1 saturated carbocycles. The predicted octanol–water partition coefficient (Wildman–Crippen LogP) is -6.13. The molecule has 0 heterocycles. The SMILES string of the molecule is O=P(O)(O)OC1C(OP(=O)(O)O)C(OP(=O)(O)O)C(OP(=O)(O)O)C(OP(=O)(O)O)C1OP(=O)(O)O.[Na+]. The van der Waals surface area contributed by atoms with Crippen LogP contribution in [0.5, 0.6) is 0 Å². The standard InChI is InChI=1S/C6H18O24P6.Na/c7-31(8,9)25-1-2(26-32(10,11)12)4(28-34(16,17)18)6(30-36(22,23)24)5(29-35(19,20)21)3(1)27-33(13,14)15;/h1-6H,(H2,7,8,9)(H2,10,11,12)(H2,13,14,15)(H2,16,17,18)(H2,19,20,21)(H2,22,23,24);/q;+1. The molecule has 0 aliphatic heterocycles. The molecule has 37 heavy (non-hydrogen) atoms. The average molecular weight is 683 g/mol. The predicted molar refractivity (Wildman–Crippen MR) is 102 cm³/mol. The van der Waals surface area contributed by atoms with E-state index in [1.165, 1.54) is 0 Å². The Bertz CT molecular complexity index is 824. The van der Waals surface area contributed by atoms with Crippen LogP contribution in [0.1, 0.15) is 0 Å². The van der Waals surface area contributed by atoms with E-state index in [4.69, 9.17) is 58.7 Å². The molecular weight excluding hydrogens is 665 g/mol. The van der Waals surface area contributed by atoms with E-state index in [2.05, 4.69) is 27.1 Å². The number of hydrogen-bond acceptors (Lipinski definition) is 12. The summed E-state index contributed by atoms with van der Waals surface area (Å²) >= 11 is 0. The first kappa shape index (κ1) is 38.7. The molecule has 1 rings (SSSR count). The van der Waals surface area contributed by atoms with Crippen molar-refractivity contribution in [1.29, 1.82) is 0 Å². The van der Waals surface area contributed by atoms with Crippen molar-refractivity contribution < 1.29 is 143 Å². The molecule has 0 aromatic carbocycles. The third-order valence-electron chi connectivity index (χ3n) is 3.50. The molecule has 12 N–H and O–H groups in total. The third kappa shape index (κ3) is 15.5. The maximum absolute atomic E-state index is 11.4. The van der Waals surface area contributed by atoms with Crippen molar-refractivity contribution in [3.63, 3.8) is 0 Å². The van der Waals surface area contributed by atoms with Crippen molar-refractivity contribution >= 4 is 46.9 Å². The second-order valence-electron chi connectivity index (χ2n) is 6.36. The van der Waals surface area contributed by atoms with E-state index in [-0.39, 0.29) is 29.6 Å². The molecule has 24 nitrogen and oxygen atoms in total. The van der Waals surface area contributed by atoms with Gasteiger partial charge in [0.15, 0.2) is 0 Å². The second kappa shape index (κ2) is 13.3.